The van der Waals surface area contributed by atoms with E-state index in [0.717, 1.165) is 18.8 Å². The van der Waals surface area contributed by atoms with Gasteiger partial charge in [-0.3, -0.25) is 19.4 Å². The Morgan fingerprint density at radius 3 is 2.22 bits per heavy atom. The molecule has 2 aliphatic heterocycles. The first-order chi connectivity index (χ1) is 24.0. The van der Waals surface area contributed by atoms with Gasteiger partial charge in [-0.05, 0) is 75.1 Å². The van der Waals surface area contributed by atoms with Gasteiger partial charge >= 0.3 is 0 Å². The third kappa shape index (κ3) is 6.87. The van der Waals surface area contributed by atoms with Crippen LogP contribution >= 0.6 is 0 Å². The van der Waals surface area contributed by atoms with E-state index in [9.17, 15) is 18.0 Å². The lowest BCUT2D eigenvalue weighted by Gasteiger charge is -2.39. The van der Waals surface area contributed by atoms with Gasteiger partial charge in [-0.15, -0.1) is 0 Å². The summed E-state index contributed by atoms with van der Waals surface area (Å²) in [7, 11) is -0.749. The number of methoxy groups -OCH3 is 2. The first-order valence-electron chi connectivity index (χ1n) is 16.9. The summed E-state index contributed by atoms with van der Waals surface area (Å²) in [5.74, 6) is 1.04. The summed E-state index contributed by atoms with van der Waals surface area (Å²) in [6, 6.07) is 22.3. The van der Waals surface area contributed by atoms with Crippen molar-refractivity contribution < 1.29 is 31.9 Å². The fourth-order valence-corrected chi connectivity index (χ4v) is 8.39. The van der Waals surface area contributed by atoms with Gasteiger partial charge in [-0.25, -0.2) is 13.1 Å². The average Bonchev–Trinajstić information content (AvgIpc) is 3.62. The van der Waals surface area contributed by atoms with Crippen LogP contribution in [0, 0.1) is 13.8 Å². The zero-order chi connectivity index (χ0) is 35.6. The monoisotopic (exact) mass is 700 g/mol. The van der Waals surface area contributed by atoms with Gasteiger partial charge in [0.15, 0.2) is 11.5 Å². The largest absolute Gasteiger partial charge is 0.493 e. The zero-order valence-electron chi connectivity index (χ0n) is 29.1. The van der Waals surface area contributed by atoms with E-state index in [1.54, 1.807) is 32.0 Å². The highest BCUT2D eigenvalue weighted by Crippen LogP contribution is 2.41. The molecule has 0 aliphatic carbocycles. The predicted molar refractivity (Wildman–Crippen MR) is 190 cm³/mol. The Morgan fingerprint density at radius 2 is 1.56 bits per heavy atom. The number of hydrogen-bond acceptors (Lipinski definition) is 9. The minimum Gasteiger partial charge on any atom is -0.493 e. The SMILES string of the molecule is COc1ccc(C(CCCNS(=O)(=O)c2cc(C)oc2C)N2C(=O)c3cccc(N4CCN(C(C)c5ccccc5)CC4)c3C2=O)cc1OC. The van der Waals surface area contributed by atoms with Crippen LogP contribution in [0.25, 0.3) is 0 Å². The number of benzene rings is 3. The van der Waals surface area contributed by atoms with E-state index < -0.39 is 16.1 Å². The molecule has 2 aliphatic rings. The molecule has 2 unspecified atom stereocenters. The lowest BCUT2D eigenvalue weighted by molar-refractivity contribution is 0.0572. The molecular formula is C38H44N4O7S. The number of aryl methyl sites for hydroxylation is 2. The zero-order valence-corrected chi connectivity index (χ0v) is 30.0. The van der Waals surface area contributed by atoms with Crippen LogP contribution < -0.4 is 19.1 Å². The van der Waals surface area contributed by atoms with Gasteiger partial charge in [-0.2, -0.15) is 0 Å². The number of fused-ring (bicyclic) bond motifs is 1. The van der Waals surface area contributed by atoms with Crippen molar-refractivity contribution in [3.8, 4) is 11.5 Å². The summed E-state index contributed by atoms with van der Waals surface area (Å²) in [5, 5.41) is 0. The Hall–Kier alpha value is -4.65. The molecule has 1 aromatic heterocycles. The maximum Gasteiger partial charge on any atom is 0.264 e. The standard InChI is InChI=1S/C38H44N4O7S/c1-25-23-35(27(3)49-25)50(45,46)39-18-10-15-31(29-16-17-33(47-4)34(24-29)48-5)42-37(43)30-13-9-14-32(36(30)38(42)44)41-21-19-40(20-22-41)26(2)28-11-7-6-8-12-28/h6-9,11-14,16-17,23-24,26,31,39H,10,15,18-22H2,1-5H3. The van der Waals surface area contributed by atoms with Crippen LogP contribution in [-0.2, 0) is 10.0 Å². The molecule has 0 bridgehead atoms. The molecule has 12 heteroatoms. The molecule has 3 aromatic carbocycles. The predicted octanol–water partition coefficient (Wildman–Crippen LogP) is 5.89. The number of imide groups is 1. The van der Waals surface area contributed by atoms with Crippen LogP contribution in [0.2, 0.25) is 0 Å². The number of sulfonamides is 1. The molecule has 3 heterocycles. The van der Waals surface area contributed by atoms with Gasteiger partial charge in [0.1, 0.15) is 16.4 Å². The van der Waals surface area contributed by atoms with Gasteiger partial charge < -0.3 is 18.8 Å². The topological polar surface area (TPSA) is 122 Å². The van der Waals surface area contributed by atoms with Crippen LogP contribution in [0.1, 0.15) is 75.2 Å². The second-order valence-electron chi connectivity index (χ2n) is 12.7. The summed E-state index contributed by atoms with van der Waals surface area (Å²) in [6.07, 6.45) is 0.647. The van der Waals surface area contributed by atoms with E-state index in [2.05, 4.69) is 45.7 Å². The van der Waals surface area contributed by atoms with E-state index in [1.165, 1.54) is 30.7 Å². The van der Waals surface area contributed by atoms with Gasteiger partial charge in [0.05, 0.1) is 37.1 Å². The third-order valence-electron chi connectivity index (χ3n) is 9.74. The van der Waals surface area contributed by atoms with E-state index in [4.69, 9.17) is 13.9 Å². The molecule has 1 fully saturated rings. The van der Waals surface area contributed by atoms with Crippen molar-refractivity contribution in [2.45, 2.75) is 50.6 Å². The highest BCUT2D eigenvalue weighted by molar-refractivity contribution is 7.89. The molecule has 6 rings (SSSR count). The summed E-state index contributed by atoms with van der Waals surface area (Å²) >= 11 is 0. The fourth-order valence-electron chi connectivity index (χ4n) is 7.08. The van der Waals surface area contributed by atoms with E-state index in [-0.39, 0.29) is 29.3 Å². The number of carbonyl (C=O) groups is 2. The van der Waals surface area contributed by atoms with Crippen LogP contribution in [0.5, 0.6) is 11.5 Å². The lowest BCUT2D eigenvalue weighted by atomic mass is 9.99. The molecular weight excluding hydrogens is 657 g/mol. The number of nitrogens with one attached hydrogen (secondary N) is 1. The molecule has 264 valence electrons. The molecule has 0 radical (unpaired) electrons. The number of anilines is 1. The van der Waals surface area contributed by atoms with Crippen molar-refractivity contribution in [3.63, 3.8) is 0 Å². The highest BCUT2D eigenvalue weighted by atomic mass is 32.2. The quantitative estimate of drug-likeness (QED) is 0.134. The lowest BCUT2D eigenvalue weighted by Crippen LogP contribution is -2.47. The average molecular weight is 701 g/mol. The number of ether oxygens (including phenoxy) is 2. The Bertz CT molecular complexity index is 1970. The smallest absolute Gasteiger partial charge is 0.264 e. The van der Waals surface area contributed by atoms with Gasteiger partial charge in [0, 0.05) is 38.8 Å². The molecule has 50 heavy (non-hydrogen) atoms. The first kappa shape index (κ1) is 35.2. The van der Waals surface area contributed by atoms with Gasteiger partial charge in [0.2, 0.25) is 10.0 Å². The molecule has 2 amide bonds. The van der Waals surface area contributed by atoms with E-state index >= 15 is 0 Å². The van der Waals surface area contributed by atoms with E-state index in [1.807, 2.05) is 24.3 Å². The van der Waals surface area contributed by atoms with Crippen LogP contribution in [0.3, 0.4) is 0 Å². The molecule has 0 spiro atoms. The van der Waals surface area contributed by atoms with Crippen molar-refractivity contribution >= 4 is 27.5 Å². The Labute approximate surface area is 293 Å². The number of piperazine rings is 1. The summed E-state index contributed by atoms with van der Waals surface area (Å²) in [4.78, 5) is 34.6. The number of nitrogens with zero attached hydrogens (tertiary/aromatic N) is 3. The van der Waals surface area contributed by atoms with Crippen LogP contribution in [-0.4, -0.2) is 77.0 Å². The number of rotatable bonds is 13. The van der Waals surface area contributed by atoms with Crippen molar-refractivity contribution in [2.24, 2.45) is 0 Å². The first-order valence-corrected chi connectivity index (χ1v) is 18.4. The molecule has 1 N–H and O–H groups in total. The Balaban J connectivity index is 1.24. The van der Waals surface area contributed by atoms with E-state index in [0.29, 0.717) is 65.6 Å². The van der Waals surface area contributed by atoms with Gasteiger partial charge in [0.25, 0.3) is 11.8 Å². The third-order valence-corrected chi connectivity index (χ3v) is 11.3. The molecule has 11 nitrogen and oxygen atoms in total. The second kappa shape index (κ2) is 14.7. The number of carbonyl (C=O) groups excluding carboxylic acids is 2. The Kier molecular flexibility index (Phi) is 10.3. The maximum absolute atomic E-state index is 14.4. The minimum atomic E-state index is -3.82. The minimum absolute atomic E-state index is 0.0923. The summed E-state index contributed by atoms with van der Waals surface area (Å²) < 4.78 is 45.2. The maximum atomic E-state index is 14.4. The number of furan rings is 1. The molecule has 0 saturated carbocycles. The molecule has 2 atom stereocenters. The van der Waals surface area contributed by atoms with Gasteiger partial charge in [-0.1, -0.05) is 42.5 Å². The highest BCUT2D eigenvalue weighted by Gasteiger charge is 2.43. The summed E-state index contributed by atoms with van der Waals surface area (Å²) in [5.41, 5.74) is 3.45. The normalized spacial score (nSPS) is 16.4. The van der Waals surface area contributed by atoms with Crippen LogP contribution in [0.4, 0.5) is 5.69 Å². The fraction of sp³-hybridized carbons (Fsp3) is 0.368. The van der Waals surface area contributed by atoms with Crippen molar-refractivity contribution in [2.75, 3.05) is 51.8 Å². The number of hydrogen-bond donors (Lipinski definition) is 1. The Morgan fingerprint density at radius 1 is 0.840 bits per heavy atom. The van der Waals surface area contributed by atoms with Crippen LogP contribution in [0.15, 0.2) is 82.1 Å². The molecule has 1 saturated heterocycles. The number of amides is 2. The van der Waals surface area contributed by atoms with Crippen molar-refractivity contribution in [1.29, 1.82) is 0 Å². The second-order valence-corrected chi connectivity index (χ2v) is 14.5. The summed E-state index contributed by atoms with van der Waals surface area (Å²) in [6.45, 7) is 8.66. The molecule has 4 aromatic rings. The van der Waals surface area contributed by atoms with Crippen molar-refractivity contribution in [3.05, 3.63) is 107 Å². The van der Waals surface area contributed by atoms with Crippen molar-refractivity contribution in [1.82, 2.24) is 14.5 Å².